The van der Waals surface area contributed by atoms with Crippen LogP contribution in [-0.4, -0.2) is 44.9 Å². The summed E-state index contributed by atoms with van der Waals surface area (Å²) in [5, 5.41) is 4.91. The van der Waals surface area contributed by atoms with Crippen molar-refractivity contribution in [3.05, 3.63) is 0 Å². The van der Waals surface area contributed by atoms with Gasteiger partial charge >= 0.3 is 0 Å². The van der Waals surface area contributed by atoms with Gasteiger partial charge in [-0.25, -0.2) is 9.86 Å². The molecule has 0 aromatic heterocycles. The van der Waals surface area contributed by atoms with E-state index >= 15 is 0 Å². The van der Waals surface area contributed by atoms with Crippen molar-refractivity contribution < 1.29 is 13.2 Å². The molecular formula is C12H26N4O3S. The van der Waals surface area contributed by atoms with Gasteiger partial charge in [-0.2, -0.15) is 8.42 Å². The minimum absolute atomic E-state index is 0.0420. The Balaban J connectivity index is 2.54. The second-order valence-electron chi connectivity index (χ2n) is 5.60. The zero-order chi connectivity index (χ0) is 15.3. The molecule has 0 bridgehead atoms. The largest absolute Gasteiger partial charge is 0.341 e. The van der Waals surface area contributed by atoms with Crippen LogP contribution in [0.2, 0.25) is 0 Å². The van der Waals surface area contributed by atoms with E-state index in [2.05, 4.69) is 4.72 Å². The molecule has 5 N–H and O–H groups in total. The van der Waals surface area contributed by atoms with Crippen molar-refractivity contribution in [2.24, 2.45) is 22.7 Å². The normalized spacial score (nSPS) is 23.4. The molecule has 1 aliphatic rings. The van der Waals surface area contributed by atoms with Gasteiger partial charge in [0.25, 0.3) is 10.2 Å². The number of hydrogen-bond donors (Lipinski definition) is 3. The molecule has 3 atom stereocenters. The van der Waals surface area contributed by atoms with Gasteiger partial charge in [0.15, 0.2) is 0 Å². The molecule has 1 heterocycles. The van der Waals surface area contributed by atoms with Gasteiger partial charge in [0.2, 0.25) is 5.91 Å². The number of hydrogen-bond acceptors (Lipinski definition) is 4. The molecule has 7 nitrogen and oxygen atoms in total. The lowest BCUT2D eigenvalue weighted by molar-refractivity contribution is -0.135. The van der Waals surface area contributed by atoms with E-state index in [4.69, 9.17) is 10.9 Å². The lowest BCUT2D eigenvalue weighted by atomic mass is 9.94. The molecule has 0 aromatic rings. The fourth-order valence-corrected chi connectivity index (χ4v) is 2.84. The number of carbonyl (C=O) groups excluding carboxylic acids is 1. The average molecular weight is 306 g/mol. The highest BCUT2D eigenvalue weighted by molar-refractivity contribution is 7.87. The van der Waals surface area contributed by atoms with E-state index in [1.807, 2.05) is 13.8 Å². The minimum atomic E-state index is -3.67. The topological polar surface area (TPSA) is 119 Å². The summed E-state index contributed by atoms with van der Waals surface area (Å²) in [6, 6.07) is -0.482. The third-order valence-corrected chi connectivity index (χ3v) is 4.52. The van der Waals surface area contributed by atoms with Crippen molar-refractivity contribution in [2.45, 2.75) is 39.2 Å². The Bertz CT molecular complexity index is 426. The van der Waals surface area contributed by atoms with E-state index in [-0.39, 0.29) is 24.3 Å². The van der Waals surface area contributed by atoms with Crippen LogP contribution in [0.25, 0.3) is 0 Å². The zero-order valence-electron chi connectivity index (χ0n) is 12.2. The van der Waals surface area contributed by atoms with Gasteiger partial charge in [-0.15, -0.1) is 0 Å². The van der Waals surface area contributed by atoms with Crippen LogP contribution >= 0.6 is 0 Å². The Labute approximate surface area is 121 Å². The number of amides is 1. The molecule has 0 aliphatic carbocycles. The summed E-state index contributed by atoms with van der Waals surface area (Å²) in [6.07, 6.45) is 2.60. The average Bonchev–Trinajstić information content (AvgIpc) is 2.42. The molecule has 1 fully saturated rings. The first-order chi connectivity index (χ1) is 9.24. The third kappa shape index (κ3) is 5.35. The number of nitrogens with one attached hydrogen (secondary N) is 1. The van der Waals surface area contributed by atoms with Gasteiger partial charge in [-0.05, 0) is 24.7 Å². The van der Waals surface area contributed by atoms with Gasteiger partial charge in [0, 0.05) is 19.6 Å². The van der Waals surface area contributed by atoms with Crippen molar-refractivity contribution in [1.29, 1.82) is 0 Å². The fourth-order valence-electron chi connectivity index (χ4n) is 2.37. The first kappa shape index (κ1) is 17.4. The predicted molar refractivity (Wildman–Crippen MR) is 77.8 cm³/mol. The monoisotopic (exact) mass is 306 g/mol. The van der Waals surface area contributed by atoms with E-state index in [1.54, 1.807) is 4.90 Å². The molecule has 0 aromatic carbocycles. The molecule has 8 heteroatoms. The highest BCUT2D eigenvalue weighted by Crippen LogP contribution is 2.18. The summed E-state index contributed by atoms with van der Waals surface area (Å²) in [5.74, 6) is 0.195. The zero-order valence-corrected chi connectivity index (χ0v) is 13.0. The molecular weight excluding hydrogens is 280 g/mol. The first-order valence-electron chi connectivity index (χ1n) is 7.06. The van der Waals surface area contributed by atoms with Crippen molar-refractivity contribution in [2.75, 3.05) is 19.6 Å². The van der Waals surface area contributed by atoms with E-state index in [1.165, 1.54) is 0 Å². The Morgan fingerprint density at radius 3 is 2.70 bits per heavy atom. The predicted octanol–water partition coefficient (Wildman–Crippen LogP) is -0.608. The standard InChI is InChI=1S/C12H26N4O3S/c1-3-9(2)11(13)12(17)16-6-4-5-10(8-16)7-15-20(14,18)19/h9-11,15H,3-8,13H2,1-2H3,(H2,14,18,19)/t9?,10?,11-/m0/s1. The van der Waals surface area contributed by atoms with Crippen LogP contribution in [0.1, 0.15) is 33.1 Å². The van der Waals surface area contributed by atoms with Crippen molar-refractivity contribution >= 4 is 16.1 Å². The fraction of sp³-hybridized carbons (Fsp3) is 0.917. The molecule has 1 amide bonds. The van der Waals surface area contributed by atoms with Crippen molar-refractivity contribution in [3.63, 3.8) is 0 Å². The molecule has 0 saturated carbocycles. The molecule has 1 rings (SSSR count). The van der Waals surface area contributed by atoms with Crippen LogP contribution in [-0.2, 0) is 15.0 Å². The summed E-state index contributed by atoms with van der Waals surface area (Å²) in [4.78, 5) is 14.0. The quantitative estimate of drug-likeness (QED) is 0.606. The van der Waals surface area contributed by atoms with Crippen LogP contribution in [0.5, 0.6) is 0 Å². The van der Waals surface area contributed by atoms with E-state index in [0.29, 0.717) is 13.1 Å². The van der Waals surface area contributed by atoms with Gasteiger partial charge in [-0.3, -0.25) is 4.79 Å². The Morgan fingerprint density at radius 2 is 2.15 bits per heavy atom. The second kappa shape index (κ2) is 7.35. The van der Waals surface area contributed by atoms with E-state index < -0.39 is 16.3 Å². The van der Waals surface area contributed by atoms with E-state index in [0.717, 1.165) is 19.3 Å². The van der Waals surface area contributed by atoms with Crippen LogP contribution in [0.15, 0.2) is 0 Å². The van der Waals surface area contributed by atoms with Crippen molar-refractivity contribution in [1.82, 2.24) is 9.62 Å². The van der Waals surface area contributed by atoms with Gasteiger partial charge in [0.1, 0.15) is 0 Å². The maximum Gasteiger partial charge on any atom is 0.274 e. The Kier molecular flexibility index (Phi) is 6.38. The minimum Gasteiger partial charge on any atom is -0.341 e. The van der Waals surface area contributed by atoms with Gasteiger partial charge in [-0.1, -0.05) is 20.3 Å². The smallest absolute Gasteiger partial charge is 0.274 e. The van der Waals surface area contributed by atoms with Crippen molar-refractivity contribution in [3.8, 4) is 0 Å². The van der Waals surface area contributed by atoms with Crippen LogP contribution in [0.4, 0.5) is 0 Å². The van der Waals surface area contributed by atoms with Crippen LogP contribution < -0.4 is 15.6 Å². The van der Waals surface area contributed by atoms with E-state index in [9.17, 15) is 13.2 Å². The number of rotatable bonds is 6. The molecule has 0 radical (unpaired) electrons. The van der Waals surface area contributed by atoms with Crippen LogP contribution in [0.3, 0.4) is 0 Å². The summed E-state index contributed by atoms with van der Waals surface area (Å²) in [6.45, 7) is 5.46. The molecule has 1 aliphatic heterocycles. The third-order valence-electron chi connectivity index (χ3n) is 3.95. The van der Waals surface area contributed by atoms with Gasteiger partial charge < -0.3 is 10.6 Å². The summed E-state index contributed by atoms with van der Waals surface area (Å²) < 4.78 is 24.1. The number of piperidine rings is 1. The number of likely N-dealkylation sites (tertiary alicyclic amines) is 1. The summed E-state index contributed by atoms with van der Waals surface area (Å²) in [7, 11) is -3.67. The number of carbonyl (C=O) groups is 1. The summed E-state index contributed by atoms with van der Waals surface area (Å²) >= 11 is 0. The Hall–Kier alpha value is -0.700. The molecule has 0 spiro atoms. The highest BCUT2D eigenvalue weighted by Gasteiger charge is 2.29. The Morgan fingerprint density at radius 1 is 1.50 bits per heavy atom. The maximum absolute atomic E-state index is 12.3. The maximum atomic E-state index is 12.3. The molecule has 1 saturated heterocycles. The second-order valence-corrected chi connectivity index (χ2v) is 6.98. The van der Waals surface area contributed by atoms with Crippen LogP contribution in [0, 0.1) is 11.8 Å². The number of nitrogens with two attached hydrogens (primary N) is 2. The van der Waals surface area contributed by atoms with Gasteiger partial charge in [0.05, 0.1) is 6.04 Å². The SMILES string of the molecule is CCC(C)[C@H](N)C(=O)N1CCCC(CNS(N)(=O)=O)C1. The molecule has 118 valence electrons. The first-order valence-corrected chi connectivity index (χ1v) is 8.61. The number of nitrogens with zero attached hydrogens (tertiary/aromatic N) is 1. The lowest BCUT2D eigenvalue weighted by Gasteiger charge is -2.35. The highest BCUT2D eigenvalue weighted by atomic mass is 32.2. The lowest BCUT2D eigenvalue weighted by Crippen LogP contribution is -2.51. The molecule has 2 unspecified atom stereocenters. The summed E-state index contributed by atoms with van der Waals surface area (Å²) in [5.41, 5.74) is 5.97. The molecule has 20 heavy (non-hydrogen) atoms.